The van der Waals surface area contributed by atoms with Gasteiger partial charge in [-0.2, -0.15) is 0 Å². The Morgan fingerprint density at radius 1 is 1.00 bits per heavy atom. The van der Waals surface area contributed by atoms with Gasteiger partial charge in [0.25, 0.3) is 0 Å². The number of amides is 2. The summed E-state index contributed by atoms with van der Waals surface area (Å²) in [7, 11) is -4.23. The van der Waals surface area contributed by atoms with Crippen molar-refractivity contribution in [2.75, 3.05) is 13.2 Å². The molecule has 1 aromatic rings. The highest BCUT2D eigenvalue weighted by Gasteiger charge is 2.45. The van der Waals surface area contributed by atoms with E-state index in [0.717, 1.165) is 0 Å². The number of carbonyl (C=O) groups is 2. The minimum absolute atomic E-state index is 0.00536. The molecule has 2 amide bonds. The molecule has 0 fully saturated rings. The van der Waals surface area contributed by atoms with Crippen LogP contribution in [0.2, 0.25) is 37.8 Å². The van der Waals surface area contributed by atoms with Crippen LogP contribution in [0.3, 0.4) is 0 Å². The number of nitrogens with one attached hydrogen (secondary N) is 2. The molecule has 8 nitrogen and oxygen atoms in total. The number of furan rings is 1. The predicted octanol–water partition coefficient (Wildman–Crippen LogP) is 6.27. The van der Waals surface area contributed by atoms with E-state index in [1.165, 1.54) is 0 Å². The van der Waals surface area contributed by atoms with E-state index in [1.807, 2.05) is 32.9 Å². The highest BCUT2D eigenvalue weighted by Crippen LogP contribution is 2.38. The van der Waals surface area contributed by atoms with Gasteiger partial charge in [-0.25, -0.2) is 9.59 Å². The average molecular weight is 529 g/mol. The lowest BCUT2D eigenvalue weighted by atomic mass is 9.96. The number of hydrogen-bond acceptors (Lipinski definition) is 6. The van der Waals surface area contributed by atoms with Gasteiger partial charge in [0.2, 0.25) is 0 Å². The Morgan fingerprint density at radius 3 is 2.03 bits per heavy atom. The zero-order valence-corrected chi connectivity index (χ0v) is 25.8. The number of carbonyl (C=O) groups excluding carboxylic acids is 2. The lowest BCUT2D eigenvalue weighted by Crippen LogP contribution is -2.60. The summed E-state index contributed by atoms with van der Waals surface area (Å²) in [6, 6.07) is 3.19. The van der Waals surface area contributed by atoms with Gasteiger partial charge in [0.05, 0.1) is 39.5 Å². The van der Waals surface area contributed by atoms with Crippen LogP contribution >= 0.6 is 0 Å². The van der Waals surface area contributed by atoms with Crippen LogP contribution in [0.5, 0.6) is 0 Å². The standard InChI is InChI=1S/C25H48N2O6Si2/c1-13-30-22(28)26-18(17-32-35(11,12)25(5,6)7)20(19-15-14-16-31-19)21(34(8,9)10)27-23(29)33-24(2,3)4/h14-16,18,20-21H,13,17H2,1-12H3,(H,26,28)(H,27,29)/t18-,20-,21+/m1/s1. The van der Waals surface area contributed by atoms with E-state index in [4.69, 9.17) is 18.3 Å². The Balaban J connectivity index is 3.49. The van der Waals surface area contributed by atoms with E-state index in [1.54, 1.807) is 13.2 Å². The fraction of sp³-hybridized carbons (Fsp3) is 0.760. The van der Waals surface area contributed by atoms with E-state index in [0.29, 0.717) is 5.76 Å². The molecular formula is C25H48N2O6Si2. The smallest absolute Gasteiger partial charge is 0.407 e. The fourth-order valence-electron chi connectivity index (χ4n) is 3.43. The van der Waals surface area contributed by atoms with Gasteiger partial charge in [0.1, 0.15) is 11.4 Å². The van der Waals surface area contributed by atoms with Crippen molar-refractivity contribution >= 4 is 28.6 Å². The van der Waals surface area contributed by atoms with Crippen molar-refractivity contribution in [3.63, 3.8) is 0 Å². The molecule has 3 atom stereocenters. The van der Waals surface area contributed by atoms with Gasteiger partial charge in [0, 0.05) is 5.67 Å². The Labute approximate surface area is 214 Å². The van der Waals surface area contributed by atoms with Crippen LogP contribution in [0.15, 0.2) is 22.8 Å². The summed E-state index contributed by atoms with van der Waals surface area (Å²) < 4.78 is 23.3. The first-order chi connectivity index (χ1) is 15.8. The normalized spacial score (nSPS) is 15.7. The number of ether oxygens (including phenoxy) is 2. The van der Waals surface area contributed by atoms with Gasteiger partial charge in [-0.15, -0.1) is 0 Å². The Kier molecular flexibility index (Phi) is 10.7. The maximum Gasteiger partial charge on any atom is 0.407 e. The molecule has 0 aliphatic rings. The molecular weight excluding hydrogens is 480 g/mol. The van der Waals surface area contributed by atoms with Crippen LogP contribution in [-0.4, -0.2) is 59.1 Å². The first-order valence-electron chi connectivity index (χ1n) is 12.4. The molecule has 0 saturated carbocycles. The van der Waals surface area contributed by atoms with Gasteiger partial charge in [0.15, 0.2) is 8.32 Å². The molecule has 1 heterocycles. The summed E-state index contributed by atoms with van der Waals surface area (Å²) in [5.74, 6) is 0.271. The van der Waals surface area contributed by atoms with Crippen LogP contribution in [0, 0.1) is 0 Å². The topological polar surface area (TPSA) is 99.0 Å². The second-order valence-electron chi connectivity index (χ2n) is 12.6. The fourth-order valence-corrected chi connectivity index (χ4v) is 6.48. The zero-order chi connectivity index (χ0) is 27.2. The molecule has 10 heteroatoms. The van der Waals surface area contributed by atoms with Crippen molar-refractivity contribution in [2.24, 2.45) is 0 Å². The first kappa shape index (κ1) is 31.2. The van der Waals surface area contributed by atoms with Gasteiger partial charge in [-0.05, 0) is 58.0 Å². The van der Waals surface area contributed by atoms with Crippen LogP contribution in [0.1, 0.15) is 60.1 Å². The molecule has 0 unspecified atom stereocenters. The highest BCUT2D eigenvalue weighted by molar-refractivity contribution is 6.78. The minimum Gasteiger partial charge on any atom is -0.469 e. The molecule has 0 radical (unpaired) electrons. The van der Waals surface area contributed by atoms with Crippen molar-refractivity contribution in [3.8, 4) is 0 Å². The molecule has 0 spiro atoms. The van der Waals surface area contributed by atoms with E-state index in [9.17, 15) is 9.59 Å². The highest BCUT2D eigenvalue weighted by atomic mass is 28.4. The molecule has 2 N–H and O–H groups in total. The zero-order valence-electron chi connectivity index (χ0n) is 23.8. The molecule has 202 valence electrons. The monoisotopic (exact) mass is 528 g/mol. The Hall–Kier alpha value is -1.79. The lowest BCUT2D eigenvalue weighted by Gasteiger charge is -2.42. The SMILES string of the molecule is CCOC(=O)N[C@H](CO[Si](C)(C)C(C)(C)C)[C@H](c1ccco1)[C@@H](NC(=O)OC(C)(C)C)[Si](C)(C)C. The first-order valence-corrected chi connectivity index (χ1v) is 18.9. The average Bonchev–Trinajstić information content (AvgIpc) is 3.16. The summed E-state index contributed by atoms with van der Waals surface area (Å²) in [5, 5.41) is 6.12. The molecule has 0 aliphatic heterocycles. The lowest BCUT2D eigenvalue weighted by molar-refractivity contribution is 0.0505. The molecule has 1 rings (SSSR count). The summed E-state index contributed by atoms with van der Waals surface area (Å²) in [4.78, 5) is 25.5. The van der Waals surface area contributed by atoms with Crippen molar-refractivity contribution < 1.29 is 27.9 Å². The third-order valence-corrected chi connectivity index (χ3v) is 13.1. The van der Waals surface area contributed by atoms with Crippen LogP contribution in [0.4, 0.5) is 9.59 Å². The van der Waals surface area contributed by atoms with E-state index >= 15 is 0 Å². The Morgan fingerprint density at radius 2 is 1.60 bits per heavy atom. The molecule has 1 aromatic heterocycles. The summed E-state index contributed by atoms with van der Waals surface area (Å²) >= 11 is 0. The van der Waals surface area contributed by atoms with Crippen molar-refractivity contribution in [2.45, 2.75) is 109 Å². The summed E-state index contributed by atoms with van der Waals surface area (Å²) in [5.41, 5.74) is -0.958. The second kappa shape index (κ2) is 12.0. The minimum atomic E-state index is -2.14. The maximum absolute atomic E-state index is 12.9. The molecule has 0 saturated heterocycles. The number of hydrogen-bond donors (Lipinski definition) is 2. The van der Waals surface area contributed by atoms with Gasteiger partial charge < -0.3 is 29.0 Å². The number of rotatable bonds is 10. The van der Waals surface area contributed by atoms with Crippen molar-refractivity contribution in [1.82, 2.24) is 10.6 Å². The van der Waals surface area contributed by atoms with Crippen LogP contribution in [0.25, 0.3) is 0 Å². The third-order valence-electron chi connectivity index (χ3n) is 6.28. The third kappa shape index (κ3) is 10.0. The quantitative estimate of drug-likeness (QED) is 0.347. The molecule has 0 aromatic carbocycles. The largest absolute Gasteiger partial charge is 0.469 e. The van der Waals surface area contributed by atoms with Gasteiger partial charge >= 0.3 is 12.2 Å². The van der Waals surface area contributed by atoms with E-state index < -0.39 is 46.1 Å². The maximum atomic E-state index is 12.9. The van der Waals surface area contributed by atoms with Crippen molar-refractivity contribution in [3.05, 3.63) is 24.2 Å². The molecule has 0 aliphatic carbocycles. The van der Waals surface area contributed by atoms with Gasteiger partial charge in [-0.3, -0.25) is 0 Å². The van der Waals surface area contributed by atoms with Crippen LogP contribution in [-0.2, 0) is 13.9 Å². The predicted molar refractivity (Wildman–Crippen MR) is 145 cm³/mol. The molecule has 0 bridgehead atoms. The Bertz CT molecular complexity index is 807. The number of alkyl carbamates (subject to hydrolysis) is 2. The van der Waals surface area contributed by atoms with E-state index in [-0.39, 0.29) is 23.9 Å². The second-order valence-corrected chi connectivity index (χ2v) is 22.7. The summed E-state index contributed by atoms with van der Waals surface area (Å²) in [6.07, 6.45) is 0.578. The van der Waals surface area contributed by atoms with Crippen LogP contribution < -0.4 is 10.6 Å². The van der Waals surface area contributed by atoms with Crippen molar-refractivity contribution in [1.29, 1.82) is 0 Å². The summed E-state index contributed by atoms with van der Waals surface area (Å²) in [6.45, 7) is 25.1. The van der Waals surface area contributed by atoms with E-state index in [2.05, 4.69) is 64.1 Å². The van der Waals surface area contributed by atoms with Gasteiger partial charge in [-0.1, -0.05) is 40.4 Å². The molecule has 35 heavy (non-hydrogen) atoms.